The lowest BCUT2D eigenvalue weighted by Gasteiger charge is -2.39. The van der Waals surface area contributed by atoms with E-state index in [2.05, 4.69) is 5.32 Å². The minimum absolute atomic E-state index is 0.167. The van der Waals surface area contributed by atoms with Crippen molar-refractivity contribution in [2.45, 2.75) is 44.6 Å². The highest BCUT2D eigenvalue weighted by molar-refractivity contribution is 5.81. The predicted octanol–water partition coefficient (Wildman–Crippen LogP) is 2.11. The predicted molar refractivity (Wildman–Crippen MR) is 82.4 cm³/mol. The van der Waals surface area contributed by atoms with Crippen LogP contribution in [0, 0.1) is 5.92 Å². The summed E-state index contributed by atoms with van der Waals surface area (Å²) in [5.41, 5.74) is 0.135. The smallest absolute Gasteiger partial charge is 0.308 e. The molecule has 2 unspecified atom stereocenters. The molecule has 1 aromatic carbocycles. The van der Waals surface area contributed by atoms with E-state index in [1.807, 2.05) is 13.0 Å². The molecule has 2 atom stereocenters. The molecule has 2 N–H and O–H groups in total. The SMILES string of the molecule is CC1(NC(=O)Cc2ccc3c(c2)OCO3)CCCCC1C(=O)O. The number of carbonyl (C=O) groups is 2. The molecule has 6 nitrogen and oxygen atoms in total. The van der Waals surface area contributed by atoms with Crippen LogP contribution in [0.25, 0.3) is 0 Å². The van der Waals surface area contributed by atoms with Crippen LogP contribution in [0.3, 0.4) is 0 Å². The zero-order valence-corrected chi connectivity index (χ0v) is 13.1. The van der Waals surface area contributed by atoms with Gasteiger partial charge in [-0.15, -0.1) is 0 Å². The average molecular weight is 319 g/mol. The lowest BCUT2D eigenvalue weighted by molar-refractivity contribution is -0.146. The van der Waals surface area contributed by atoms with Crippen LogP contribution < -0.4 is 14.8 Å². The number of benzene rings is 1. The molecule has 0 spiro atoms. The van der Waals surface area contributed by atoms with Gasteiger partial charge in [0.2, 0.25) is 12.7 Å². The first-order valence-electron chi connectivity index (χ1n) is 7.90. The molecule has 0 radical (unpaired) electrons. The van der Waals surface area contributed by atoms with Crippen LogP contribution >= 0.6 is 0 Å². The maximum absolute atomic E-state index is 12.4. The van der Waals surface area contributed by atoms with Gasteiger partial charge in [-0.25, -0.2) is 0 Å². The number of ether oxygens (including phenoxy) is 2. The molecule has 6 heteroatoms. The van der Waals surface area contributed by atoms with Gasteiger partial charge in [0.05, 0.1) is 17.9 Å². The van der Waals surface area contributed by atoms with E-state index in [4.69, 9.17) is 9.47 Å². The first kappa shape index (κ1) is 15.6. The van der Waals surface area contributed by atoms with E-state index in [1.54, 1.807) is 12.1 Å². The summed E-state index contributed by atoms with van der Waals surface area (Å²) >= 11 is 0. The molecule has 1 amide bonds. The molecule has 23 heavy (non-hydrogen) atoms. The monoisotopic (exact) mass is 319 g/mol. The van der Waals surface area contributed by atoms with Crippen molar-refractivity contribution in [2.75, 3.05) is 6.79 Å². The Morgan fingerprint density at radius 3 is 2.87 bits per heavy atom. The van der Waals surface area contributed by atoms with Crippen LogP contribution in [0.15, 0.2) is 18.2 Å². The molecular weight excluding hydrogens is 298 g/mol. The fraction of sp³-hybridized carbons (Fsp3) is 0.529. The molecule has 0 bridgehead atoms. The van der Waals surface area contributed by atoms with Crippen LogP contribution in [0.2, 0.25) is 0 Å². The van der Waals surface area contributed by atoms with Gasteiger partial charge in [0.15, 0.2) is 11.5 Å². The van der Waals surface area contributed by atoms with Gasteiger partial charge >= 0.3 is 5.97 Å². The Balaban J connectivity index is 1.67. The van der Waals surface area contributed by atoms with Crippen molar-refractivity contribution < 1.29 is 24.2 Å². The Labute approximate surface area is 134 Å². The summed E-state index contributed by atoms with van der Waals surface area (Å²) in [5.74, 6) is -0.214. The molecule has 1 aliphatic carbocycles. The van der Waals surface area contributed by atoms with Gasteiger partial charge in [-0.1, -0.05) is 18.9 Å². The van der Waals surface area contributed by atoms with Crippen LogP contribution in [-0.4, -0.2) is 29.3 Å². The quantitative estimate of drug-likeness (QED) is 0.888. The number of amides is 1. The van der Waals surface area contributed by atoms with E-state index in [9.17, 15) is 14.7 Å². The molecule has 1 fully saturated rings. The maximum Gasteiger partial charge on any atom is 0.308 e. The minimum atomic E-state index is -0.837. The molecule has 1 saturated carbocycles. The first-order valence-corrected chi connectivity index (χ1v) is 7.90. The first-order chi connectivity index (χ1) is 11.0. The van der Waals surface area contributed by atoms with Gasteiger partial charge < -0.3 is 19.9 Å². The van der Waals surface area contributed by atoms with Crippen molar-refractivity contribution in [3.8, 4) is 11.5 Å². The van der Waals surface area contributed by atoms with E-state index >= 15 is 0 Å². The van der Waals surface area contributed by atoms with Crippen molar-refractivity contribution in [1.82, 2.24) is 5.32 Å². The Morgan fingerprint density at radius 1 is 1.30 bits per heavy atom. The Kier molecular flexibility index (Phi) is 4.15. The lowest BCUT2D eigenvalue weighted by Crippen LogP contribution is -2.55. The molecule has 2 aliphatic rings. The molecule has 1 heterocycles. The normalized spacial score (nSPS) is 25.9. The molecule has 124 valence electrons. The summed E-state index contributed by atoms with van der Waals surface area (Å²) in [6.45, 7) is 2.03. The summed E-state index contributed by atoms with van der Waals surface area (Å²) in [7, 11) is 0. The molecule has 0 aromatic heterocycles. The van der Waals surface area contributed by atoms with Crippen molar-refractivity contribution in [1.29, 1.82) is 0 Å². The fourth-order valence-corrected chi connectivity index (χ4v) is 3.48. The van der Waals surface area contributed by atoms with Gasteiger partial charge in [0, 0.05) is 0 Å². The summed E-state index contributed by atoms with van der Waals surface area (Å²) in [6.07, 6.45) is 3.32. The second kappa shape index (κ2) is 6.10. The van der Waals surface area contributed by atoms with Crippen LogP contribution in [0.5, 0.6) is 11.5 Å². The van der Waals surface area contributed by atoms with E-state index in [0.29, 0.717) is 24.3 Å². The van der Waals surface area contributed by atoms with Crippen molar-refractivity contribution in [3.05, 3.63) is 23.8 Å². The van der Waals surface area contributed by atoms with Gasteiger partial charge in [-0.05, 0) is 37.5 Å². The van der Waals surface area contributed by atoms with E-state index in [1.165, 1.54) is 0 Å². The van der Waals surface area contributed by atoms with Gasteiger partial charge in [-0.3, -0.25) is 9.59 Å². The molecule has 1 aliphatic heterocycles. The van der Waals surface area contributed by atoms with E-state index < -0.39 is 17.4 Å². The highest BCUT2D eigenvalue weighted by atomic mass is 16.7. The minimum Gasteiger partial charge on any atom is -0.481 e. The Bertz CT molecular complexity index is 629. The third kappa shape index (κ3) is 3.25. The number of hydrogen-bond donors (Lipinski definition) is 2. The summed E-state index contributed by atoms with van der Waals surface area (Å²) in [4.78, 5) is 23.8. The second-order valence-electron chi connectivity index (χ2n) is 6.47. The standard InChI is InChI=1S/C17H21NO5/c1-17(7-3-2-4-12(17)16(20)21)18-15(19)9-11-5-6-13-14(8-11)23-10-22-13/h5-6,8,12H,2-4,7,9-10H2,1H3,(H,18,19)(H,20,21). The summed E-state index contributed by atoms with van der Waals surface area (Å²) in [6, 6.07) is 5.40. The topological polar surface area (TPSA) is 84.9 Å². The summed E-state index contributed by atoms with van der Waals surface area (Å²) < 4.78 is 10.6. The number of aliphatic carboxylic acids is 1. The van der Waals surface area contributed by atoms with E-state index in [-0.39, 0.29) is 19.1 Å². The average Bonchev–Trinajstić information content (AvgIpc) is 2.94. The molecular formula is C17H21NO5. The summed E-state index contributed by atoms with van der Waals surface area (Å²) in [5, 5.41) is 12.4. The zero-order chi connectivity index (χ0) is 16.4. The molecule has 1 aromatic rings. The Hall–Kier alpha value is -2.24. The Morgan fingerprint density at radius 2 is 2.09 bits per heavy atom. The number of hydrogen-bond acceptors (Lipinski definition) is 4. The van der Waals surface area contributed by atoms with Gasteiger partial charge in [0.25, 0.3) is 0 Å². The second-order valence-corrected chi connectivity index (χ2v) is 6.47. The lowest BCUT2D eigenvalue weighted by atomic mass is 9.74. The fourth-order valence-electron chi connectivity index (χ4n) is 3.48. The molecule has 0 saturated heterocycles. The van der Waals surface area contributed by atoms with Crippen molar-refractivity contribution >= 4 is 11.9 Å². The van der Waals surface area contributed by atoms with Crippen LogP contribution in [0.1, 0.15) is 38.2 Å². The third-order valence-corrected chi connectivity index (χ3v) is 4.73. The third-order valence-electron chi connectivity index (χ3n) is 4.73. The number of fused-ring (bicyclic) bond motifs is 1. The largest absolute Gasteiger partial charge is 0.481 e. The van der Waals surface area contributed by atoms with Crippen molar-refractivity contribution in [3.63, 3.8) is 0 Å². The van der Waals surface area contributed by atoms with Crippen LogP contribution in [-0.2, 0) is 16.0 Å². The zero-order valence-electron chi connectivity index (χ0n) is 13.1. The number of carbonyl (C=O) groups excluding carboxylic acids is 1. The number of carboxylic acid groups (broad SMARTS) is 1. The maximum atomic E-state index is 12.4. The number of rotatable bonds is 4. The van der Waals surface area contributed by atoms with Crippen LogP contribution in [0.4, 0.5) is 0 Å². The van der Waals surface area contributed by atoms with E-state index in [0.717, 1.165) is 18.4 Å². The number of nitrogens with one attached hydrogen (secondary N) is 1. The highest BCUT2D eigenvalue weighted by Gasteiger charge is 2.42. The number of carboxylic acids is 1. The van der Waals surface area contributed by atoms with Crippen molar-refractivity contribution in [2.24, 2.45) is 5.92 Å². The highest BCUT2D eigenvalue weighted by Crippen LogP contribution is 2.35. The van der Waals surface area contributed by atoms with Gasteiger partial charge in [-0.2, -0.15) is 0 Å². The van der Waals surface area contributed by atoms with Gasteiger partial charge in [0.1, 0.15) is 0 Å². The molecule has 3 rings (SSSR count).